The van der Waals surface area contributed by atoms with E-state index in [0.29, 0.717) is 12.1 Å². The first kappa shape index (κ1) is 15.3. The molecular formula is C17H17N3O2S. The summed E-state index contributed by atoms with van der Waals surface area (Å²) in [6.45, 7) is 0.479. The highest BCUT2D eigenvalue weighted by atomic mass is 32.1. The molecule has 6 heteroatoms. The molecule has 0 aliphatic heterocycles. The highest BCUT2D eigenvalue weighted by Crippen LogP contribution is 2.22. The lowest BCUT2D eigenvalue weighted by atomic mass is 10.2. The van der Waals surface area contributed by atoms with Crippen LogP contribution in [0.3, 0.4) is 0 Å². The summed E-state index contributed by atoms with van der Waals surface area (Å²) in [6.07, 6.45) is 3.65. The molecule has 2 aromatic heterocycles. The van der Waals surface area contributed by atoms with Gasteiger partial charge in [0.15, 0.2) is 0 Å². The van der Waals surface area contributed by atoms with Gasteiger partial charge in [0.25, 0.3) is 5.91 Å². The van der Waals surface area contributed by atoms with Crippen LogP contribution in [0.15, 0.2) is 60.2 Å². The molecule has 0 spiro atoms. The monoisotopic (exact) mass is 327 g/mol. The second-order valence-corrected chi connectivity index (χ2v) is 5.94. The second kappa shape index (κ2) is 7.11. The van der Waals surface area contributed by atoms with Gasteiger partial charge in [-0.25, -0.2) is 0 Å². The topological polar surface area (TPSA) is 56.1 Å². The van der Waals surface area contributed by atoms with E-state index in [-0.39, 0.29) is 11.9 Å². The third kappa shape index (κ3) is 3.60. The molecule has 0 aliphatic rings. The van der Waals surface area contributed by atoms with Gasteiger partial charge in [0.1, 0.15) is 11.8 Å². The molecule has 1 unspecified atom stereocenters. The van der Waals surface area contributed by atoms with Gasteiger partial charge in [0.05, 0.1) is 7.11 Å². The van der Waals surface area contributed by atoms with Crippen LogP contribution in [0.1, 0.15) is 21.3 Å². The minimum absolute atomic E-state index is 0.00722. The van der Waals surface area contributed by atoms with E-state index in [9.17, 15) is 4.79 Å². The lowest BCUT2D eigenvalue weighted by molar-refractivity contribution is 0.0949. The van der Waals surface area contributed by atoms with Crippen molar-refractivity contribution in [3.63, 3.8) is 0 Å². The smallest absolute Gasteiger partial charge is 0.251 e. The van der Waals surface area contributed by atoms with Gasteiger partial charge < -0.3 is 10.1 Å². The van der Waals surface area contributed by atoms with Gasteiger partial charge in [0.2, 0.25) is 0 Å². The van der Waals surface area contributed by atoms with E-state index in [2.05, 4.69) is 16.5 Å². The Labute approximate surface area is 138 Å². The number of thiophene rings is 1. The molecule has 1 aromatic carbocycles. The number of carbonyl (C=O) groups excluding carboxylic acids is 1. The first-order valence-electron chi connectivity index (χ1n) is 7.22. The highest BCUT2D eigenvalue weighted by Gasteiger charge is 2.16. The van der Waals surface area contributed by atoms with Gasteiger partial charge in [-0.05, 0) is 41.8 Å². The van der Waals surface area contributed by atoms with Crippen LogP contribution in [-0.4, -0.2) is 29.3 Å². The average molecular weight is 327 g/mol. The zero-order valence-electron chi connectivity index (χ0n) is 12.7. The number of amides is 1. The van der Waals surface area contributed by atoms with Gasteiger partial charge in [-0.2, -0.15) is 5.10 Å². The van der Waals surface area contributed by atoms with Crippen LogP contribution in [0.25, 0.3) is 0 Å². The molecular weight excluding hydrogens is 310 g/mol. The minimum Gasteiger partial charge on any atom is -0.497 e. The van der Waals surface area contributed by atoms with E-state index in [4.69, 9.17) is 4.74 Å². The van der Waals surface area contributed by atoms with Crippen LogP contribution in [0.2, 0.25) is 0 Å². The van der Waals surface area contributed by atoms with Crippen molar-refractivity contribution in [2.45, 2.75) is 6.04 Å². The van der Waals surface area contributed by atoms with E-state index in [1.165, 1.54) is 0 Å². The molecule has 1 N–H and O–H groups in total. The largest absolute Gasteiger partial charge is 0.497 e. The maximum Gasteiger partial charge on any atom is 0.251 e. The molecule has 3 aromatic rings. The zero-order valence-corrected chi connectivity index (χ0v) is 13.5. The van der Waals surface area contributed by atoms with Crippen molar-refractivity contribution in [1.29, 1.82) is 0 Å². The second-order valence-electron chi connectivity index (χ2n) is 4.96. The number of nitrogens with one attached hydrogen (secondary N) is 1. The number of carbonyl (C=O) groups is 1. The summed E-state index contributed by atoms with van der Waals surface area (Å²) in [4.78, 5) is 13.5. The summed E-state index contributed by atoms with van der Waals surface area (Å²) in [7, 11) is 1.60. The van der Waals surface area contributed by atoms with Gasteiger partial charge >= 0.3 is 0 Å². The molecule has 118 valence electrons. The fourth-order valence-corrected chi connectivity index (χ4v) is 3.12. The van der Waals surface area contributed by atoms with Gasteiger partial charge in [-0.3, -0.25) is 9.48 Å². The molecule has 2 heterocycles. The van der Waals surface area contributed by atoms with Crippen molar-refractivity contribution in [2.75, 3.05) is 13.7 Å². The molecule has 0 saturated carbocycles. The van der Waals surface area contributed by atoms with Crippen molar-refractivity contribution in [2.24, 2.45) is 0 Å². The van der Waals surface area contributed by atoms with Gasteiger partial charge in [-0.15, -0.1) is 11.3 Å². The van der Waals surface area contributed by atoms with Crippen LogP contribution >= 0.6 is 11.3 Å². The predicted octanol–water partition coefficient (Wildman–Crippen LogP) is 2.97. The van der Waals surface area contributed by atoms with Crippen molar-refractivity contribution in [1.82, 2.24) is 15.1 Å². The Kier molecular flexibility index (Phi) is 4.73. The number of aromatic nitrogens is 2. The molecule has 0 aliphatic carbocycles. The molecule has 1 atom stereocenters. The Morgan fingerprint density at radius 2 is 2.13 bits per heavy atom. The Morgan fingerprint density at radius 1 is 1.30 bits per heavy atom. The standard InChI is InChI=1S/C17H17N3O2S/c1-22-14-7-5-13(6-8-14)17(21)18-12-15(16-4-2-11-23-16)20-10-3-9-19-20/h2-11,15H,12H2,1H3,(H,18,21). The summed E-state index contributed by atoms with van der Waals surface area (Å²) in [5.41, 5.74) is 0.608. The van der Waals surface area contributed by atoms with Gasteiger partial charge in [-0.1, -0.05) is 6.07 Å². The summed E-state index contributed by atoms with van der Waals surface area (Å²) < 4.78 is 6.96. The molecule has 23 heavy (non-hydrogen) atoms. The Hall–Kier alpha value is -2.60. The summed E-state index contributed by atoms with van der Waals surface area (Å²) in [5, 5.41) is 9.31. The number of methoxy groups -OCH3 is 1. The molecule has 1 amide bonds. The third-order valence-electron chi connectivity index (χ3n) is 3.52. The summed E-state index contributed by atoms with van der Waals surface area (Å²) >= 11 is 1.65. The number of benzene rings is 1. The van der Waals surface area contributed by atoms with Crippen LogP contribution in [-0.2, 0) is 0 Å². The Morgan fingerprint density at radius 3 is 2.74 bits per heavy atom. The third-order valence-corrected chi connectivity index (χ3v) is 4.50. The fourth-order valence-electron chi connectivity index (χ4n) is 2.30. The normalized spacial score (nSPS) is 11.9. The molecule has 3 rings (SSSR count). The quantitative estimate of drug-likeness (QED) is 0.757. The van der Waals surface area contributed by atoms with E-state index in [0.717, 1.165) is 10.6 Å². The lowest BCUT2D eigenvalue weighted by Gasteiger charge is -2.17. The number of hydrogen-bond acceptors (Lipinski definition) is 4. The lowest BCUT2D eigenvalue weighted by Crippen LogP contribution is -2.31. The maximum absolute atomic E-state index is 12.3. The van der Waals surface area contributed by atoms with Crippen LogP contribution < -0.4 is 10.1 Å². The molecule has 0 saturated heterocycles. The number of hydrogen-bond donors (Lipinski definition) is 1. The predicted molar refractivity (Wildman–Crippen MR) is 90.0 cm³/mol. The number of rotatable bonds is 6. The molecule has 5 nitrogen and oxygen atoms in total. The maximum atomic E-state index is 12.3. The van der Waals surface area contributed by atoms with E-state index in [1.54, 1.807) is 48.9 Å². The number of ether oxygens (including phenoxy) is 1. The summed E-state index contributed by atoms with van der Waals surface area (Å²) in [5.74, 6) is 0.621. The molecule has 0 bridgehead atoms. The first-order chi connectivity index (χ1) is 11.3. The highest BCUT2D eigenvalue weighted by molar-refractivity contribution is 7.10. The van der Waals surface area contributed by atoms with Crippen molar-refractivity contribution < 1.29 is 9.53 Å². The van der Waals surface area contributed by atoms with Crippen molar-refractivity contribution >= 4 is 17.2 Å². The average Bonchev–Trinajstić information content (AvgIpc) is 3.29. The van der Waals surface area contributed by atoms with Crippen LogP contribution in [0, 0.1) is 0 Å². The molecule has 0 fully saturated rings. The summed E-state index contributed by atoms with van der Waals surface area (Å²) in [6, 6.07) is 13.0. The Bertz CT molecular complexity index is 703. The van der Waals surface area contributed by atoms with Gasteiger partial charge in [0, 0.05) is 29.4 Å². The van der Waals surface area contributed by atoms with E-state index < -0.39 is 0 Å². The fraction of sp³-hybridized carbons (Fsp3) is 0.176. The zero-order chi connectivity index (χ0) is 16.1. The Balaban J connectivity index is 1.70. The van der Waals surface area contributed by atoms with Crippen molar-refractivity contribution in [3.05, 3.63) is 70.7 Å². The minimum atomic E-state index is -0.110. The van der Waals surface area contributed by atoms with E-state index in [1.807, 2.05) is 28.4 Å². The SMILES string of the molecule is COc1ccc(C(=O)NCC(c2cccs2)n2cccn2)cc1. The van der Waals surface area contributed by atoms with Crippen LogP contribution in [0.4, 0.5) is 0 Å². The number of nitrogens with zero attached hydrogens (tertiary/aromatic N) is 2. The first-order valence-corrected chi connectivity index (χ1v) is 8.10. The van der Waals surface area contributed by atoms with Crippen molar-refractivity contribution in [3.8, 4) is 5.75 Å². The molecule has 0 radical (unpaired) electrons. The van der Waals surface area contributed by atoms with E-state index >= 15 is 0 Å². The van der Waals surface area contributed by atoms with Crippen LogP contribution in [0.5, 0.6) is 5.75 Å².